The van der Waals surface area contributed by atoms with Gasteiger partial charge in [-0.3, -0.25) is 14.9 Å². The highest BCUT2D eigenvalue weighted by Gasteiger charge is 2.12. The molecule has 2 N–H and O–H groups in total. The number of nitrogens with one attached hydrogen (secondary N) is 2. The molecule has 0 aliphatic heterocycles. The number of anilines is 1. The summed E-state index contributed by atoms with van der Waals surface area (Å²) in [6, 6.07) is 7.20. The Balaban J connectivity index is 1.84. The van der Waals surface area contributed by atoms with Crippen LogP contribution in [-0.4, -0.2) is 28.6 Å². The van der Waals surface area contributed by atoms with E-state index in [1.165, 1.54) is 11.3 Å². The first-order valence-electron chi connectivity index (χ1n) is 7.10. The van der Waals surface area contributed by atoms with E-state index >= 15 is 0 Å². The van der Waals surface area contributed by atoms with Crippen molar-refractivity contribution in [1.82, 2.24) is 15.5 Å². The van der Waals surface area contributed by atoms with Gasteiger partial charge in [0.1, 0.15) is 5.01 Å². The van der Waals surface area contributed by atoms with Crippen molar-refractivity contribution in [2.24, 2.45) is 5.92 Å². The third-order valence-corrected chi connectivity index (χ3v) is 4.63. The fraction of sp³-hybridized carbons (Fsp3) is 0.333. The van der Waals surface area contributed by atoms with Crippen LogP contribution in [-0.2, 0) is 11.2 Å². The summed E-state index contributed by atoms with van der Waals surface area (Å²) in [4.78, 5) is 23.9. The van der Waals surface area contributed by atoms with Crippen molar-refractivity contribution in [3.8, 4) is 0 Å². The molecule has 0 spiro atoms. The van der Waals surface area contributed by atoms with Crippen LogP contribution in [0.1, 0.15) is 29.2 Å². The predicted octanol–water partition coefficient (Wildman–Crippen LogP) is 2.71. The fourth-order valence-corrected chi connectivity index (χ4v) is 3.40. The van der Waals surface area contributed by atoms with Gasteiger partial charge in [-0.05, 0) is 40.6 Å². The molecule has 2 amide bonds. The summed E-state index contributed by atoms with van der Waals surface area (Å²) in [5.74, 6) is -0.112. The van der Waals surface area contributed by atoms with Crippen molar-refractivity contribution in [1.29, 1.82) is 0 Å². The van der Waals surface area contributed by atoms with Crippen molar-refractivity contribution in [2.75, 3.05) is 11.9 Å². The van der Waals surface area contributed by atoms with Gasteiger partial charge in [0, 0.05) is 9.99 Å². The van der Waals surface area contributed by atoms with Gasteiger partial charge in [0.2, 0.25) is 11.0 Å². The zero-order valence-corrected chi connectivity index (χ0v) is 15.8. The summed E-state index contributed by atoms with van der Waals surface area (Å²) < 4.78 is 0.838. The molecular weight excluding hydrogens is 427 g/mol. The lowest BCUT2D eigenvalue weighted by Gasteiger charge is -2.06. The summed E-state index contributed by atoms with van der Waals surface area (Å²) in [6.45, 7) is 4.09. The Hall–Kier alpha value is -1.55. The van der Waals surface area contributed by atoms with Crippen molar-refractivity contribution in [2.45, 2.75) is 20.3 Å². The minimum Gasteiger partial charge on any atom is -0.343 e. The molecule has 0 saturated heterocycles. The van der Waals surface area contributed by atoms with Crippen LogP contribution in [0.25, 0.3) is 0 Å². The highest BCUT2D eigenvalue weighted by atomic mass is 127. The lowest BCUT2D eigenvalue weighted by Crippen LogP contribution is -2.33. The van der Waals surface area contributed by atoms with Crippen LogP contribution >= 0.6 is 33.9 Å². The SMILES string of the molecule is CC(C)Cc1nnc(NC(=O)CNC(=O)c2ccccc2I)s1. The number of amides is 2. The van der Waals surface area contributed by atoms with Gasteiger partial charge in [-0.25, -0.2) is 0 Å². The van der Waals surface area contributed by atoms with E-state index in [-0.39, 0.29) is 18.4 Å². The van der Waals surface area contributed by atoms with Gasteiger partial charge >= 0.3 is 0 Å². The summed E-state index contributed by atoms with van der Waals surface area (Å²) in [5.41, 5.74) is 0.552. The number of carbonyl (C=O) groups excluding carboxylic acids is 2. The van der Waals surface area contributed by atoms with E-state index in [9.17, 15) is 9.59 Å². The van der Waals surface area contributed by atoms with Crippen molar-refractivity contribution < 1.29 is 9.59 Å². The number of halogens is 1. The van der Waals surface area contributed by atoms with Gasteiger partial charge in [-0.15, -0.1) is 10.2 Å². The minimum absolute atomic E-state index is 0.108. The second kappa shape index (κ2) is 8.34. The van der Waals surface area contributed by atoms with E-state index < -0.39 is 0 Å². The van der Waals surface area contributed by atoms with E-state index in [4.69, 9.17) is 0 Å². The molecule has 0 aliphatic carbocycles. The topological polar surface area (TPSA) is 84.0 Å². The number of aromatic nitrogens is 2. The third kappa shape index (κ3) is 5.54. The van der Waals surface area contributed by atoms with Crippen LogP contribution < -0.4 is 10.6 Å². The first-order valence-corrected chi connectivity index (χ1v) is 9.00. The Morgan fingerprint density at radius 3 is 2.70 bits per heavy atom. The molecule has 1 aromatic carbocycles. The van der Waals surface area contributed by atoms with Gasteiger partial charge in [0.15, 0.2) is 0 Å². The van der Waals surface area contributed by atoms with Gasteiger partial charge in [0.25, 0.3) is 5.91 Å². The number of hydrogen-bond donors (Lipinski definition) is 2. The van der Waals surface area contributed by atoms with Crippen LogP contribution in [0.15, 0.2) is 24.3 Å². The number of carbonyl (C=O) groups is 2. The maximum Gasteiger partial charge on any atom is 0.252 e. The fourth-order valence-electron chi connectivity index (χ4n) is 1.80. The van der Waals surface area contributed by atoms with Crippen LogP contribution in [0.5, 0.6) is 0 Å². The van der Waals surface area contributed by atoms with Crippen LogP contribution in [0.3, 0.4) is 0 Å². The quantitative estimate of drug-likeness (QED) is 0.672. The maximum atomic E-state index is 12.0. The first-order chi connectivity index (χ1) is 11.0. The van der Waals surface area contributed by atoms with Crippen LogP contribution in [0, 0.1) is 9.49 Å². The van der Waals surface area contributed by atoms with Crippen LogP contribution in [0.4, 0.5) is 5.13 Å². The van der Waals surface area contributed by atoms with Gasteiger partial charge in [-0.1, -0.05) is 37.3 Å². The maximum absolute atomic E-state index is 12.0. The third-order valence-electron chi connectivity index (χ3n) is 2.82. The molecule has 0 atom stereocenters. The summed E-state index contributed by atoms with van der Waals surface area (Å²) >= 11 is 3.44. The molecule has 0 radical (unpaired) electrons. The van der Waals surface area contributed by atoms with Gasteiger partial charge in [-0.2, -0.15) is 0 Å². The molecule has 23 heavy (non-hydrogen) atoms. The van der Waals surface area contributed by atoms with E-state index in [1.807, 2.05) is 12.1 Å². The Bertz CT molecular complexity index is 702. The Labute approximate surface area is 152 Å². The molecule has 0 unspecified atom stereocenters. The smallest absolute Gasteiger partial charge is 0.252 e. The largest absolute Gasteiger partial charge is 0.343 e. The zero-order chi connectivity index (χ0) is 16.8. The lowest BCUT2D eigenvalue weighted by atomic mass is 10.1. The van der Waals surface area contributed by atoms with E-state index in [1.54, 1.807) is 12.1 Å². The van der Waals surface area contributed by atoms with Crippen LogP contribution in [0.2, 0.25) is 0 Å². The Kier molecular flexibility index (Phi) is 6.46. The summed E-state index contributed by atoms with van der Waals surface area (Å²) in [5, 5.41) is 14.5. The summed E-state index contributed by atoms with van der Waals surface area (Å²) in [6.07, 6.45) is 0.830. The van der Waals surface area contributed by atoms with Crippen molar-refractivity contribution in [3.05, 3.63) is 38.4 Å². The molecule has 8 heteroatoms. The normalized spacial score (nSPS) is 10.6. The molecule has 2 aromatic rings. The molecule has 0 bridgehead atoms. The molecule has 1 heterocycles. The number of nitrogens with zero attached hydrogens (tertiary/aromatic N) is 2. The predicted molar refractivity (Wildman–Crippen MR) is 98.6 cm³/mol. The van der Waals surface area contributed by atoms with Gasteiger partial charge < -0.3 is 5.32 Å². The Morgan fingerprint density at radius 1 is 1.26 bits per heavy atom. The monoisotopic (exact) mass is 444 g/mol. The standard InChI is InChI=1S/C15H17IN4O2S/c1-9(2)7-13-19-20-15(23-13)18-12(21)8-17-14(22)10-5-3-4-6-11(10)16/h3-6,9H,7-8H2,1-2H3,(H,17,22)(H,18,20,21). The summed E-state index contributed by atoms with van der Waals surface area (Å²) in [7, 11) is 0. The minimum atomic E-state index is -0.323. The highest BCUT2D eigenvalue weighted by molar-refractivity contribution is 14.1. The molecule has 6 nitrogen and oxygen atoms in total. The van der Waals surface area contributed by atoms with E-state index in [0.717, 1.165) is 15.0 Å². The van der Waals surface area contributed by atoms with E-state index in [2.05, 4.69) is 57.3 Å². The molecule has 1 aromatic heterocycles. The van der Waals surface area contributed by atoms with E-state index in [0.29, 0.717) is 16.6 Å². The number of rotatable bonds is 6. The van der Waals surface area contributed by atoms with Crippen molar-refractivity contribution >= 4 is 50.9 Å². The average Bonchev–Trinajstić information content (AvgIpc) is 2.91. The first kappa shape index (κ1) is 17.8. The molecule has 0 fully saturated rings. The second-order valence-electron chi connectivity index (χ2n) is 5.31. The zero-order valence-electron chi connectivity index (χ0n) is 12.8. The molecule has 122 valence electrons. The second-order valence-corrected chi connectivity index (χ2v) is 7.53. The molecule has 0 saturated carbocycles. The van der Waals surface area contributed by atoms with Gasteiger partial charge in [0.05, 0.1) is 12.1 Å². The average molecular weight is 444 g/mol. The molecule has 2 rings (SSSR count). The number of benzene rings is 1. The Morgan fingerprint density at radius 2 is 2.00 bits per heavy atom. The number of hydrogen-bond acceptors (Lipinski definition) is 5. The molecule has 0 aliphatic rings. The van der Waals surface area contributed by atoms with Crippen molar-refractivity contribution in [3.63, 3.8) is 0 Å². The molecular formula is C15H17IN4O2S. The lowest BCUT2D eigenvalue weighted by molar-refractivity contribution is -0.115. The highest BCUT2D eigenvalue weighted by Crippen LogP contribution is 2.18.